The highest BCUT2D eigenvalue weighted by molar-refractivity contribution is 7.98. The van der Waals surface area contributed by atoms with E-state index in [0.717, 1.165) is 11.4 Å². The summed E-state index contributed by atoms with van der Waals surface area (Å²) in [5, 5.41) is 16.4. The number of nitrogens with one attached hydrogen (secondary N) is 2. The van der Waals surface area contributed by atoms with Crippen LogP contribution >= 0.6 is 11.8 Å². The molecule has 3 N–H and O–H groups in total. The smallest absolute Gasteiger partial charge is 0.321 e. The molecule has 1 saturated heterocycles. The van der Waals surface area contributed by atoms with E-state index in [4.69, 9.17) is 0 Å². The van der Waals surface area contributed by atoms with E-state index in [1.165, 1.54) is 0 Å². The first kappa shape index (κ1) is 19.6. The Balaban J connectivity index is 1.82. The highest BCUT2D eigenvalue weighted by atomic mass is 32.2. The second-order valence-electron chi connectivity index (χ2n) is 6.38. The van der Waals surface area contributed by atoms with Crippen molar-refractivity contribution >= 4 is 29.4 Å². The Kier molecular flexibility index (Phi) is 7.58. The maximum atomic E-state index is 12.4. The summed E-state index contributed by atoms with van der Waals surface area (Å²) >= 11 is 1.62. The van der Waals surface area contributed by atoms with Crippen LogP contribution in [0.25, 0.3) is 0 Å². The third-order valence-electron chi connectivity index (χ3n) is 4.38. The lowest BCUT2D eigenvalue weighted by atomic mass is 9.95. The van der Waals surface area contributed by atoms with E-state index < -0.39 is 5.60 Å². The number of anilines is 1. The van der Waals surface area contributed by atoms with Crippen molar-refractivity contribution < 1.29 is 14.7 Å². The van der Waals surface area contributed by atoms with Crippen molar-refractivity contribution in [2.24, 2.45) is 0 Å². The monoisotopic (exact) mass is 365 g/mol. The Bertz CT molecular complexity index is 570. The van der Waals surface area contributed by atoms with Crippen molar-refractivity contribution in [1.29, 1.82) is 0 Å². The number of hydrogen-bond acceptors (Lipinski definition) is 4. The zero-order valence-corrected chi connectivity index (χ0v) is 15.5. The fourth-order valence-corrected chi connectivity index (χ4v) is 3.22. The van der Waals surface area contributed by atoms with E-state index in [1.54, 1.807) is 16.7 Å². The Labute approximate surface area is 153 Å². The lowest BCUT2D eigenvalue weighted by molar-refractivity contribution is -0.122. The average Bonchev–Trinajstić information content (AvgIpc) is 2.81. The van der Waals surface area contributed by atoms with Gasteiger partial charge in [-0.1, -0.05) is 18.2 Å². The van der Waals surface area contributed by atoms with Crippen molar-refractivity contribution in [3.8, 4) is 0 Å². The summed E-state index contributed by atoms with van der Waals surface area (Å²) in [6, 6.07) is 9.17. The summed E-state index contributed by atoms with van der Waals surface area (Å²) < 4.78 is 0. The van der Waals surface area contributed by atoms with Gasteiger partial charge in [0.1, 0.15) is 0 Å². The van der Waals surface area contributed by atoms with Gasteiger partial charge >= 0.3 is 6.03 Å². The molecule has 1 aromatic carbocycles. The summed E-state index contributed by atoms with van der Waals surface area (Å²) in [5.74, 6) is 0.739. The van der Waals surface area contributed by atoms with Crippen molar-refractivity contribution in [3.05, 3.63) is 30.3 Å². The molecule has 25 heavy (non-hydrogen) atoms. The van der Waals surface area contributed by atoms with Crippen LogP contribution in [0.1, 0.15) is 25.7 Å². The van der Waals surface area contributed by atoms with Crippen molar-refractivity contribution in [2.45, 2.75) is 31.3 Å². The van der Waals surface area contributed by atoms with E-state index >= 15 is 0 Å². The Morgan fingerprint density at radius 3 is 2.72 bits per heavy atom. The molecular weight excluding hydrogens is 338 g/mol. The Hall–Kier alpha value is -1.73. The standard InChI is InChI=1S/C18H27N3O3S/c1-25-13-8-16(22)19-14-18(24)9-5-11-21(12-10-18)17(23)20-15-6-3-2-4-7-15/h2-4,6-7,24H,5,8-14H2,1H3,(H,19,22)(H,20,23)/t18-/m0/s1. The molecule has 1 atom stereocenters. The molecule has 1 fully saturated rings. The maximum Gasteiger partial charge on any atom is 0.321 e. The third-order valence-corrected chi connectivity index (χ3v) is 4.99. The highest BCUT2D eigenvalue weighted by Crippen LogP contribution is 2.22. The van der Waals surface area contributed by atoms with E-state index in [9.17, 15) is 14.7 Å². The number of hydrogen-bond donors (Lipinski definition) is 3. The number of amides is 3. The van der Waals surface area contributed by atoms with Crippen LogP contribution in [-0.4, -0.2) is 59.2 Å². The number of thioether (sulfide) groups is 1. The molecule has 3 amide bonds. The minimum atomic E-state index is -0.948. The molecule has 0 aromatic heterocycles. The van der Waals surface area contributed by atoms with Crippen LogP contribution in [0.15, 0.2) is 30.3 Å². The van der Waals surface area contributed by atoms with Gasteiger partial charge in [-0.3, -0.25) is 4.79 Å². The lowest BCUT2D eigenvalue weighted by Crippen LogP contribution is -2.44. The van der Waals surface area contributed by atoms with Gasteiger partial charge in [0, 0.05) is 37.5 Å². The Morgan fingerprint density at radius 1 is 1.24 bits per heavy atom. The van der Waals surface area contributed by atoms with Crippen LogP contribution in [0.3, 0.4) is 0 Å². The summed E-state index contributed by atoms with van der Waals surface area (Å²) in [5.41, 5.74) is -0.190. The molecular formula is C18H27N3O3S. The molecule has 0 bridgehead atoms. The fraction of sp³-hybridized carbons (Fsp3) is 0.556. The number of para-hydroxylation sites is 1. The summed E-state index contributed by atoms with van der Waals surface area (Å²) in [6.07, 6.45) is 4.16. The topological polar surface area (TPSA) is 81.7 Å². The van der Waals surface area contributed by atoms with Gasteiger partial charge in [0.25, 0.3) is 0 Å². The van der Waals surface area contributed by atoms with Gasteiger partial charge in [0.05, 0.1) is 5.60 Å². The second-order valence-corrected chi connectivity index (χ2v) is 7.37. The van der Waals surface area contributed by atoms with Gasteiger partial charge in [-0.2, -0.15) is 11.8 Å². The molecule has 1 aliphatic heterocycles. The second kappa shape index (κ2) is 9.68. The minimum Gasteiger partial charge on any atom is -0.388 e. The largest absolute Gasteiger partial charge is 0.388 e. The van der Waals surface area contributed by atoms with Crippen LogP contribution in [0.5, 0.6) is 0 Å². The molecule has 2 rings (SSSR count). The van der Waals surface area contributed by atoms with Gasteiger partial charge < -0.3 is 20.6 Å². The van der Waals surface area contributed by atoms with E-state index in [0.29, 0.717) is 38.8 Å². The number of benzene rings is 1. The van der Waals surface area contributed by atoms with E-state index in [1.807, 2.05) is 36.6 Å². The minimum absolute atomic E-state index is 0.0364. The zero-order valence-electron chi connectivity index (χ0n) is 14.7. The molecule has 0 radical (unpaired) electrons. The molecule has 0 saturated carbocycles. The molecule has 138 valence electrons. The molecule has 7 heteroatoms. The molecule has 0 spiro atoms. The summed E-state index contributed by atoms with van der Waals surface area (Å²) in [6.45, 7) is 1.31. The predicted octanol–water partition coefficient (Wildman–Crippen LogP) is 2.30. The van der Waals surface area contributed by atoms with Gasteiger partial charge in [0.15, 0.2) is 0 Å². The predicted molar refractivity (Wildman–Crippen MR) is 102 cm³/mol. The highest BCUT2D eigenvalue weighted by Gasteiger charge is 2.31. The van der Waals surface area contributed by atoms with Crippen molar-refractivity contribution in [1.82, 2.24) is 10.2 Å². The van der Waals surface area contributed by atoms with E-state index in [2.05, 4.69) is 10.6 Å². The number of carbonyl (C=O) groups excluding carboxylic acids is 2. The molecule has 1 aliphatic rings. The molecule has 0 unspecified atom stereocenters. The number of nitrogens with zero attached hydrogens (tertiary/aromatic N) is 1. The number of rotatable bonds is 6. The molecule has 6 nitrogen and oxygen atoms in total. The number of carbonyl (C=O) groups is 2. The van der Waals surface area contributed by atoms with Crippen molar-refractivity contribution in [3.63, 3.8) is 0 Å². The van der Waals surface area contributed by atoms with Gasteiger partial charge in [0.2, 0.25) is 5.91 Å². The average molecular weight is 365 g/mol. The third kappa shape index (κ3) is 6.59. The summed E-state index contributed by atoms with van der Waals surface area (Å²) in [4.78, 5) is 25.8. The number of aliphatic hydroxyl groups is 1. The quantitative estimate of drug-likeness (QED) is 0.722. The SMILES string of the molecule is CSCCC(=O)NC[C@]1(O)CCCN(C(=O)Nc2ccccc2)CC1. The normalized spacial score (nSPS) is 20.6. The lowest BCUT2D eigenvalue weighted by Gasteiger charge is -2.27. The van der Waals surface area contributed by atoms with Crippen LogP contribution in [0.4, 0.5) is 10.5 Å². The van der Waals surface area contributed by atoms with Gasteiger partial charge in [-0.05, 0) is 37.7 Å². The van der Waals surface area contributed by atoms with Crippen LogP contribution in [0, 0.1) is 0 Å². The zero-order chi connectivity index (χ0) is 18.1. The number of likely N-dealkylation sites (tertiary alicyclic amines) is 1. The summed E-state index contributed by atoms with van der Waals surface area (Å²) in [7, 11) is 0. The van der Waals surface area contributed by atoms with Gasteiger partial charge in [-0.15, -0.1) is 0 Å². The molecule has 0 aliphatic carbocycles. The van der Waals surface area contributed by atoms with Gasteiger partial charge in [-0.25, -0.2) is 4.79 Å². The van der Waals surface area contributed by atoms with Crippen LogP contribution in [-0.2, 0) is 4.79 Å². The fourth-order valence-electron chi connectivity index (χ4n) is 2.83. The first-order valence-electron chi connectivity index (χ1n) is 8.61. The first-order valence-corrected chi connectivity index (χ1v) is 10.0. The number of urea groups is 1. The van der Waals surface area contributed by atoms with E-state index in [-0.39, 0.29) is 18.5 Å². The van der Waals surface area contributed by atoms with Crippen LogP contribution < -0.4 is 10.6 Å². The maximum absolute atomic E-state index is 12.4. The first-order chi connectivity index (χ1) is 12.0. The molecule has 1 heterocycles. The van der Waals surface area contributed by atoms with Crippen molar-refractivity contribution in [2.75, 3.05) is 37.0 Å². The molecule has 1 aromatic rings. The Morgan fingerprint density at radius 2 is 2.00 bits per heavy atom. The van der Waals surface area contributed by atoms with Crippen LogP contribution in [0.2, 0.25) is 0 Å².